The minimum Gasteiger partial charge on any atom is -0.462 e. The summed E-state index contributed by atoms with van der Waals surface area (Å²) in [7, 11) is 0. The molecule has 0 fully saturated rings. The number of carbonyl (C=O) groups is 3. The number of unbranched alkanes of at least 4 members (excludes halogenated alkanes) is 51. The molecule has 0 N–H and O–H groups in total. The Kier molecular flexibility index (Phi) is 68.1. The van der Waals surface area contributed by atoms with E-state index in [2.05, 4.69) is 57.2 Å². The normalized spacial score (nSPS) is 12.2. The molecule has 0 rings (SSSR count). The average molecular weight is 1140 g/mol. The van der Waals surface area contributed by atoms with Crippen LogP contribution in [0.3, 0.4) is 0 Å². The SMILES string of the molecule is CCCCCC/C=C\C/C=C\CCCCCCCC(=O)OC(COC(=O)CCCCCCC/C=C\CCCCCCCC)COC(=O)CCCCCCCCCCCCCCCCCCCCCCCCCCCCCCCCCC. The number of hydrogen-bond donors (Lipinski definition) is 0. The Balaban J connectivity index is 4.14. The summed E-state index contributed by atoms with van der Waals surface area (Å²) in [6.07, 6.45) is 87.7. The van der Waals surface area contributed by atoms with Gasteiger partial charge in [0.05, 0.1) is 0 Å². The van der Waals surface area contributed by atoms with Crippen molar-refractivity contribution in [1.29, 1.82) is 0 Å². The van der Waals surface area contributed by atoms with Crippen LogP contribution in [0.2, 0.25) is 0 Å². The highest BCUT2D eigenvalue weighted by Crippen LogP contribution is 2.19. The molecular formula is C75H140O6. The Morgan fingerprint density at radius 1 is 0.247 bits per heavy atom. The van der Waals surface area contributed by atoms with Crippen LogP contribution in [0.15, 0.2) is 36.5 Å². The zero-order valence-electron chi connectivity index (χ0n) is 54.8. The van der Waals surface area contributed by atoms with Crippen molar-refractivity contribution in [1.82, 2.24) is 0 Å². The average Bonchev–Trinajstić information content (AvgIpc) is 3.47. The first-order chi connectivity index (χ1) is 40.0. The molecule has 476 valence electrons. The largest absolute Gasteiger partial charge is 0.462 e. The van der Waals surface area contributed by atoms with Crippen molar-refractivity contribution in [2.75, 3.05) is 13.2 Å². The zero-order chi connectivity index (χ0) is 58.5. The summed E-state index contributed by atoms with van der Waals surface area (Å²) in [5.74, 6) is -0.872. The topological polar surface area (TPSA) is 78.9 Å². The highest BCUT2D eigenvalue weighted by molar-refractivity contribution is 5.71. The van der Waals surface area contributed by atoms with E-state index in [1.165, 1.54) is 276 Å². The van der Waals surface area contributed by atoms with Crippen LogP contribution in [0.5, 0.6) is 0 Å². The quantitative estimate of drug-likeness (QED) is 0.0261. The van der Waals surface area contributed by atoms with Crippen molar-refractivity contribution in [3.05, 3.63) is 36.5 Å². The predicted molar refractivity (Wildman–Crippen MR) is 353 cm³/mol. The lowest BCUT2D eigenvalue weighted by Gasteiger charge is -2.18. The Morgan fingerprint density at radius 3 is 0.704 bits per heavy atom. The molecule has 0 aliphatic heterocycles. The minimum absolute atomic E-state index is 0.0762. The van der Waals surface area contributed by atoms with Crippen LogP contribution >= 0.6 is 0 Å². The molecule has 0 aliphatic carbocycles. The molecule has 6 heteroatoms. The summed E-state index contributed by atoms with van der Waals surface area (Å²) in [4.78, 5) is 38.4. The predicted octanol–water partition coefficient (Wildman–Crippen LogP) is 25.1. The Morgan fingerprint density at radius 2 is 0.444 bits per heavy atom. The van der Waals surface area contributed by atoms with Crippen molar-refractivity contribution in [2.24, 2.45) is 0 Å². The first-order valence-corrected chi connectivity index (χ1v) is 36.5. The maximum absolute atomic E-state index is 12.9. The fourth-order valence-electron chi connectivity index (χ4n) is 11.1. The molecule has 1 atom stereocenters. The van der Waals surface area contributed by atoms with Crippen LogP contribution in [0, 0.1) is 0 Å². The number of carbonyl (C=O) groups excluding carboxylic acids is 3. The molecule has 0 aromatic heterocycles. The summed E-state index contributed by atoms with van der Waals surface area (Å²) in [6, 6.07) is 0. The molecule has 0 heterocycles. The van der Waals surface area contributed by atoms with E-state index in [4.69, 9.17) is 14.2 Å². The van der Waals surface area contributed by atoms with Crippen LogP contribution < -0.4 is 0 Å². The number of esters is 3. The third-order valence-electron chi connectivity index (χ3n) is 16.6. The van der Waals surface area contributed by atoms with Gasteiger partial charge in [-0.15, -0.1) is 0 Å². The third-order valence-corrected chi connectivity index (χ3v) is 16.6. The van der Waals surface area contributed by atoms with E-state index >= 15 is 0 Å². The summed E-state index contributed by atoms with van der Waals surface area (Å²) in [5, 5.41) is 0. The van der Waals surface area contributed by atoms with Crippen LogP contribution in [0.25, 0.3) is 0 Å². The smallest absolute Gasteiger partial charge is 0.306 e. The van der Waals surface area contributed by atoms with Crippen LogP contribution in [-0.4, -0.2) is 37.2 Å². The van der Waals surface area contributed by atoms with Gasteiger partial charge < -0.3 is 14.2 Å². The van der Waals surface area contributed by atoms with Gasteiger partial charge in [-0.2, -0.15) is 0 Å². The van der Waals surface area contributed by atoms with Gasteiger partial charge in [0, 0.05) is 19.3 Å². The molecule has 0 aromatic rings. The molecule has 0 spiro atoms. The van der Waals surface area contributed by atoms with Crippen LogP contribution in [-0.2, 0) is 28.6 Å². The molecular weight excluding hydrogens is 997 g/mol. The highest BCUT2D eigenvalue weighted by atomic mass is 16.6. The molecule has 0 aliphatic rings. The number of ether oxygens (including phenoxy) is 3. The van der Waals surface area contributed by atoms with Gasteiger partial charge >= 0.3 is 17.9 Å². The van der Waals surface area contributed by atoms with Gasteiger partial charge in [0.1, 0.15) is 13.2 Å². The summed E-state index contributed by atoms with van der Waals surface area (Å²) < 4.78 is 17.0. The molecule has 0 amide bonds. The first kappa shape index (κ1) is 78.6. The molecule has 6 nitrogen and oxygen atoms in total. The highest BCUT2D eigenvalue weighted by Gasteiger charge is 2.19. The van der Waals surface area contributed by atoms with Crippen molar-refractivity contribution in [3.8, 4) is 0 Å². The maximum Gasteiger partial charge on any atom is 0.306 e. The Bertz CT molecular complexity index is 1350. The fraction of sp³-hybridized carbons (Fsp3) is 0.880. The number of allylic oxidation sites excluding steroid dienone is 6. The molecule has 0 bridgehead atoms. The molecule has 0 radical (unpaired) electrons. The lowest BCUT2D eigenvalue weighted by Crippen LogP contribution is -2.30. The van der Waals surface area contributed by atoms with Crippen molar-refractivity contribution < 1.29 is 28.6 Å². The van der Waals surface area contributed by atoms with Crippen molar-refractivity contribution >= 4 is 17.9 Å². The van der Waals surface area contributed by atoms with Gasteiger partial charge in [-0.25, -0.2) is 0 Å². The monoisotopic (exact) mass is 1140 g/mol. The zero-order valence-corrected chi connectivity index (χ0v) is 54.8. The third kappa shape index (κ3) is 68.3. The second-order valence-corrected chi connectivity index (χ2v) is 24.9. The summed E-state index contributed by atoms with van der Waals surface area (Å²) in [5.41, 5.74) is 0. The number of hydrogen-bond acceptors (Lipinski definition) is 6. The van der Waals surface area contributed by atoms with E-state index in [-0.39, 0.29) is 31.1 Å². The first-order valence-electron chi connectivity index (χ1n) is 36.5. The Labute approximate surface area is 506 Å². The molecule has 0 aromatic carbocycles. The van der Waals surface area contributed by atoms with Gasteiger partial charge in [0.25, 0.3) is 0 Å². The minimum atomic E-state index is -0.782. The van der Waals surface area contributed by atoms with Crippen LogP contribution in [0.4, 0.5) is 0 Å². The van der Waals surface area contributed by atoms with Gasteiger partial charge in [-0.3, -0.25) is 14.4 Å². The standard InChI is InChI=1S/C75H140O6/c1-4-7-10-13-16-19-22-25-28-30-31-32-33-34-35-36-37-38-39-40-41-42-43-44-45-48-50-53-56-59-62-65-68-74(77)80-71-72(70-79-73(76)67-64-61-58-55-52-49-46-27-24-21-18-15-12-9-6-3)81-75(78)69-66-63-60-57-54-51-47-29-26-23-20-17-14-11-8-5-2/h20,23,27,29,46-47,72H,4-19,21-22,24-26,28,30-45,48-71H2,1-3H3/b23-20-,46-27-,47-29-. The van der Waals surface area contributed by atoms with Gasteiger partial charge in [0.2, 0.25) is 0 Å². The molecule has 0 saturated carbocycles. The lowest BCUT2D eigenvalue weighted by molar-refractivity contribution is -0.167. The van der Waals surface area contributed by atoms with Gasteiger partial charge in [0.15, 0.2) is 6.10 Å². The van der Waals surface area contributed by atoms with E-state index < -0.39 is 6.10 Å². The molecule has 0 saturated heterocycles. The van der Waals surface area contributed by atoms with E-state index in [0.717, 1.165) is 89.9 Å². The maximum atomic E-state index is 12.9. The molecule has 81 heavy (non-hydrogen) atoms. The summed E-state index contributed by atoms with van der Waals surface area (Å²) in [6.45, 7) is 6.67. The van der Waals surface area contributed by atoms with Gasteiger partial charge in [-0.05, 0) is 77.0 Å². The van der Waals surface area contributed by atoms with E-state index in [1.807, 2.05) is 0 Å². The number of rotatable bonds is 68. The van der Waals surface area contributed by atoms with Crippen LogP contribution in [0.1, 0.15) is 406 Å². The van der Waals surface area contributed by atoms with Gasteiger partial charge in [-0.1, -0.05) is 346 Å². The second kappa shape index (κ2) is 70.1. The van der Waals surface area contributed by atoms with Crippen molar-refractivity contribution in [3.63, 3.8) is 0 Å². The van der Waals surface area contributed by atoms with E-state index in [0.29, 0.717) is 19.3 Å². The Hall–Kier alpha value is -2.37. The second-order valence-electron chi connectivity index (χ2n) is 24.9. The summed E-state index contributed by atoms with van der Waals surface area (Å²) >= 11 is 0. The van der Waals surface area contributed by atoms with E-state index in [9.17, 15) is 14.4 Å². The van der Waals surface area contributed by atoms with Crippen molar-refractivity contribution in [2.45, 2.75) is 412 Å². The molecule has 1 unspecified atom stereocenters. The fourth-order valence-corrected chi connectivity index (χ4v) is 11.1. The lowest BCUT2D eigenvalue weighted by atomic mass is 10.0. The van der Waals surface area contributed by atoms with E-state index in [1.54, 1.807) is 0 Å².